The third-order valence-electron chi connectivity index (χ3n) is 2.40. The van der Waals surface area contributed by atoms with Crippen molar-refractivity contribution in [3.05, 3.63) is 15.8 Å². The highest BCUT2D eigenvalue weighted by Gasteiger charge is 2.22. The van der Waals surface area contributed by atoms with Crippen LogP contribution in [0, 0.1) is 17.0 Å². The number of carbonyl (C=O) groups is 1. The molecule has 9 nitrogen and oxygen atoms in total. The van der Waals surface area contributed by atoms with Gasteiger partial charge in [0.2, 0.25) is 11.8 Å². The van der Waals surface area contributed by atoms with E-state index >= 15 is 0 Å². The van der Waals surface area contributed by atoms with Crippen LogP contribution in [0.15, 0.2) is 0 Å². The molecule has 0 aromatic carbocycles. The molecule has 0 amide bonds. The van der Waals surface area contributed by atoms with Gasteiger partial charge in [-0.05, 0) is 13.3 Å². The lowest BCUT2D eigenvalue weighted by Gasteiger charge is -2.09. The molecule has 0 aliphatic carbocycles. The van der Waals surface area contributed by atoms with Gasteiger partial charge in [-0.15, -0.1) is 0 Å². The summed E-state index contributed by atoms with van der Waals surface area (Å²) < 4.78 is 4.47. The van der Waals surface area contributed by atoms with Gasteiger partial charge in [0.05, 0.1) is 12.0 Å². The van der Waals surface area contributed by atoms with Crippen molar-refractivity contribution in [1.82, 2.24) is 9.97 Å². The number of nitro groups is 1. The number of aryl methyl sites for hydroxylation is 1. The number of rotatable bonds is 7. The largest absolute Gasteiger partial charge is 0.468 e. The molecule has 1 aromatic rings. The molecule has 0 unspecified atom stereocenters. The molecule has 0 saturated carbocycles. The van der Waals surface area contributed by atoms with Crippen molar-refractivity contribution in [3.63, 3.8) is 0 Å². The predicted octanol–water partition coefficient (Wildman–Crippen LogP) is 1.10. The van der Waals surface area contributed by atoms with Gasteiger partial charge in [0.25, 0.3) is 0 Å². The molecule has 1 aromatic heterocycles. The van der Waals surface area contributed by atoms with E-state index < -0.39 is 10.9 Å². The van der Waals surface area contributed by atoms with Gasteiger partial charge in [0.1, 0.15) is 12.2 Å². The average molecular weight is 283 g/mol. The Labute approximate surface area is 115 Å². The Hall–Kier alpha value is -2.45. The van der Waals surface area contributed by atoms with E-state index in [2.05, 4.69) is 25.3 Å². The molecular weight excluding hydrogens is 266 g/mol. The summed E-state index contributed by atoms with van der Waals surface area (Å²) in [5.74, 6) is -0.271. The number of anilines is 2. The number of esters is 1. The normalized spacial score (nSPS) is 9.95. The molecular formula is C11H17N5O4. The highest BCUT2D eigenvalue weighted by atomic mass is 16.6. The molecule has 0 atom stereocenters. The minimum atomic E-state index is -0.585. The van der Waals surface area contributed by atoms with Gasteiger partial charge in [-0.2, -0.15) is 4.98 Å². The fraction of sp³-hybridized carbons (Fsp3) is 0.545. The van der Waals surface area contributed by atoms with Crippen molar-refractivity contribution >= 4 is 23.4 Å². The zero-order valence-corrected chi connectivity index (χ0v) is 11.6. The van der Waals surface area contributed by atoms with Gasteiger partial charge in [0.15, 0.2) is 0 Å². The van der Waals surface area contributed by atoms with Crippen LogP contribution < -0.4 is 10.6 Å². The highest BCUT2D eigenvalue weighted by molar-refractivity contribution is 5.76. The zero-order valence-electron chi connectivity index (χ0n) is 11.6. The lowest BCUT2D eigenvalue weighted by molar-refractivity contribution is -0.385. The number of methoxy groups -OCH3 is 1. The molecule has 0 radical (unpaired) electrons. The molecule has 20 heavy (non-hydrogen) atoms. The minimum absolute atomic E-state index is 0.00787. The third kappa shape index (κ3) is 4.04. The molecule has 9 heteroatoms. The van der Waals surface area contributed by atoms with Crippen molar-refractivity contribution in [2.24, 2.45) is 0 Å². The van der Waals surface area contributed by atoms with E-state index in [1.54, 1.807) is 0 Å². The predicted molar refractivity (Wildman–Crippen MR) is 72.7 cm³/mol. The van der Waals surface area contributed by atoms with Crippen molar-refractivity contribution in [2.75, 3.05) is 30.8 Å². The van der Waals surface area contributed by atoms with E-state index in [-0.39, 0.29) is 29.7 Å². The standard InChI is InChI=1S/C11H17N5O4/c1-4-5-12-11-14-7(2)9(16(18)19)10(15-11)13-6-8(17)20-3/h4-6H2,1-3H3,(H2,12,13,14,15). The lowest BCUT2D eigenvalue weighted by atomic mass is 10.3. The third-order valence-corrected chi connectivity index (χ3v) is 2.40. The Morgan fingerprint density at radius 3 is 2.65 bits per heavy atom. The first-order valence-electron chi connectivity index (χ1n) is 6.07. The lowest BCUT2D eigenvalue weighted by Crippen LogP contribution is -2.18. The number of hydrogen-bond donors (Lipinski definition) is 2. The Balaban J connectivity index is 3.04. The van der Waals surface area contributed by atoms with E-state index in [0.717, 1.165) is 6.42 Å². The molecule has 2 N–H and O–H groups in total. The van der Waals surface area contributed by atoms with E-state index in [1.807, 2.05) is 6.92 Å². The van der Waals surface area contributed by atoms with Crippen molar-refractivity contribution in [3.8, 4) is 0 Å². The van der Waals surface area contributed by atoms with Crippen LogP contribution in [0.2, 0.25) is 0 Å². The molecule has 0 fully saturated rings. The Bertz CT molecular complexity index is 506. The second kappa shape index (κ2) is 7.22. The molecule has 0 aliphatic rings. The number of ether oxygens (including phenoxy) is 1. The van der Waals surface area contributed by atoms with E-state index in [9.17, 15) is 14.9 Å². The number of aromatic nitrogens is 2. The Morgan fingerprint density at radius 2 is 2.10 bits per heavy atom. The maximum Gasteiger partial charge on any atom is 0.332 e. The highest BCUT2D eigenvalue weighted by Crippen LogP contribution is 2.26. The average Bonchev–Trinajstić information content (AvgIpc) is 2.41. The smallest absolute Gasteiger partial charge is 0.332 e. The van der Waals surface area contributed by atoms with Gasteiger partial charge < -0.3 is 15.4 Å². The fourth-order valence-corrected chi connectivity index (χ4v) is 1.45. The summed E-state index contributed by atoms with van der Waals surface area (Å²) in [6, 6.07) is 0. The van der Waals surface area contributed by atoms with Crippen LogP contribution in [0.3, 0.4) is 0 Å². The Morgan fingerprint density at radius 1 is 1.40 bits per heavy atom. The van der Waals surface area contributed by atoms with Gasteiger partial charge in [0, 0.05) is 6.54 Å². The maximum atomic E-state index is 11.1. The SMILES string of the molecule is CCCNc1nc(C)c([N+](=O)[O-])c(NCC(=O)OC)n1. The van der Waals surface area contributed by atoms with Crippen LogP contribution in [-0.4, -0.2) is 41.1 Å². The molecule has 0 aliphatic heterocycles. The minimum Gasteiger partial charge on any atom is -0.468 e. The topological polar surface area (TPSA) is 119 Å². The van der Waals surface area contributed by atoms with E-state index in [4.69, 9.17) is 0 Å². The molecule has 110 valence electrons. The first-order chi connectivity index (χ1) is 9.49. The van der Waals surface area contributed by atoms with Gasteiger partial charge in [-0.3, -0.25) is 14.9 Å². The molecule has 0 saturated heterocycles. The van der Waals surface area contributed by atoms with Crippen LogP contribution in [-0.2, 0) is 9.53 Å². The van der Waals surface area contributed by atoms with Crippen molar-refractivity contribution < 1.29 is 14.5 Å². The number of carbonyl (C=O) groups excluding carboxylic acids is 1. The summed E-state index contributed by atoms with van der Waals surface area (Å²) in [6.45, 7) is 3.93. The maximum absolute atomic E-state index is 11.1. The quantitative estimate of drug-likeness (QED) is 0.433. The summed E-state index contributed by atoms with van der Waals surface area (Å²) in [6.07, 6.45) is 0.865. The first-order valence-corrected chi connectivity index (χ1v) is 6.07. The summed E-state index contributed by atoms with van der Waals surface area (Å²) in [5.41, 5.74) is -0.0353. The second-order valence-corrected chi connectivity index (χ2v) is 3.94. The van der Waals surface area contributed by atoms with Crippen LogP contribution in [0.25, 0.3) is 0 Å². The number of nitrogens with zero attached hydrogens (tertiary/aromatic N) is 3. The fourth-order valence-electron chi connectivity index (χ4n) is 1.45. The Kier molecular flexibility index (Phi) is 5.63. The van der Waals surface area contributed by atoms with E-state index in [1.165, 1.54) is 14.0 Å². The number of nitrogens with one attached hydrogen (secondary N) is 2. The summed E-state index contributed by atoms with van der Waals surface area (Å²) in [7, 11) is 1.23. The van der Waals surface area contributed by atoms with Crippen molar-refractivity contribution in [2.45, 2.75) is 20.3 Å². The van der Waals surface area contributed by atoms with Crippen LogP contribution in [0.4, 0.5) is 17.5 Å². The van der Waals surface area contributed by atoms with Gasteiger partial charge >= 0.3 is 11.7 Å². The monoisotopic (exact) mass is 283 g/mol. The molecule has 1 rings (SSSR count). The zero-order chi connectivity index (χ0) is 15.1. The first kappa shape index (κ1) is 15.6. The second-order valence-electron chi connectivity index (χ2n) is 3.94. The number of hydrogen-bond acceptors (Lipinski definition) is 8. The van der Waals surface area contributed by atoms with Crippen molar-refractivity contribution in [1.29, 1.82) is 0 Å². The molecule has 0 bridgehead atoms. The van der Waals surface area contributed by atoms with Crippen LogP contribution in [0.5, 0.6) is 0 Å². The van der Waals surface area contributed by atoms with Crippen LogP contribution in [0.1, 0.15) is 19.0 Å². The summed E-state index contributed by atoms with van der Waals surface area (Å²) in [4.78, 5) is 29.6. The summed E-state index contributed by atoms with van der Waals surface area (Å²) >= 11 is 0. The molecule has 1 heterocycles. The summed E-state index contributed by atoms with van der Waals surface area (Å²) in [5, 5.41) is 16.6. The van der Waals surface area contributed by atoms with Crippen LogP contribution >= 0.6 is 0 Å². The van der Waals surface area contributed by atoms with Gasteiger partial charge in [-0.1, -0.05) is 6.92 Å². The van der Waals surface area contributed by atoms with Gasteiger partial charge in [-0.25, -0.2) is 4.98 Å². The van der Waals surface area contributed by atoms with E-state index in [0.29, 0.717) is 6.54 Å². The molecule has 0 spiro atoms.